The van der Waals surface area contributed by atoms with E-state index < -0.39 is 0 Å². The number of ether oxygens (including phenoxy) is 1. The molecule has 2 rings (SSSR count). The Morgan fingerprint density at radius 1 is 1.39 bits per heavy atom. The molecule has 0 saturated carbocycles. The normalized spacial score (nSPS) is 29.4. The van der Waals surface area contributed by atoms with Gasteiger partial charge in [-0.3, -0.25) is 0 Å². The van der Waals surface area contributed by atoms with Gasteiger partial charge in [0.15, 0.2) is 0 Å². The van der Waals surface area contributed by atoms with Gasteiger partial charge in [0.05, 0.1) is 6.10 Å². The lowest BCUT2D eigenvalue weighted by molar-refractivity contribution is 0.0886. The minimum absolute atomic E-state index is 0.163. The second-order valence-electron chi connectivity index (χ2n) is 5.71. The maximum absolute atomic E-state index is 5.65. The van der Waals surface area contributed by atoms with E-state index in [4.69, 9.17) is 4.74 Å². The first-order valence-electron chi connectivity index (χ1n) is 7.03. The molecule has 0 amide bonds. The predicted octanol–water partition coefficient (Wildman–Crippen LogP) is 3.34. The Hall–Kier alpha value is -0.860. The summed E-state index contributed by atoms with van der Waals surface area (Å²) in [5, 5.41) is 3.68. The standard InChI is InChI=1S/C16H25NO/c1-13(15-7-5-4-6-8-15)9-11-17-16(3)10-12-18-14(16)2/h4-8,13-14,17H,9-12H2,1-3H3. The summed E-state index contributed by atoms with van der Waals surface area (Å²) >= 11 is 0. The van der Waals surface area contributed by atoms with Gasteiger partial charge in [-0.05, 0) is 44.7 Å². The highest BCUT2D eigenvalue weighted by Gasteiger charge is 2.36. The van der Waals surface area contributed by atoms with Gasteiger partial charge < -0.3 is 10.1 Å². The van der Waals surface area contributed by atoms with Crippen LogP contribution in [0.2, 0.25) is 0 Å². The lowest BCUT2D eigenvalue weighted by atomic mass is 9.93. The van der Waals surface area contributed by atoms with Crippen LogP contribution >= 0.6 is 0 Å². The van der Waals surface area contributed by atoms with E-state index >= 15 is 0 Å². The monoisotopic (exact) mass is 247 g/mol. The smallest absolute Gasteiger partial charge is 0.0726 e. The van der Waals surface area contributed by atoms with Crippen LogP contribution in [0.15, 0.2) is 30.3 Å². The number of hydrogen-bond acceptors (Lipinski definition) is 2. The van der Waals surface area contributed by atoms with E-state index in [9.17, 15) is 0 Å². The van der Waals surface area contributed by atoms with Gasteiger partial charge in [0, 0.05) is 12.1 Å². The van der Waals surface area contributed by atoms with Crippen molar-refractivity contribution in [1.29, 1.82) is 0 Å². The van der Waals surface area contributed by atoms with E-state index in [0.717, 1.165) is 19.6 Å². The Labute approximate surface area is 111 Å². The Kier molecular flexibility index (Phi) is 4.41. The minimum Gasteiger partial charge on any atom is -0.377 e. The first-order valence-corrected chi connectivity index (χ1v) is 7.03. The minimum atomic E-state index is 0.163. The summed E-state index contributed by atoms with van der Waals surface area (Å²) in [7, 11) is 0. The van der Waals surface area contributed by atoms with Crippen molar-refractivity contribution in [3.05, 3.63) is 35.9 Å². The third-order valence-corrected chi connectivity index (χ3v) is 4.36. The van der Waals surface area contributed by atoms with Gasteiger partial charge in [-0.2, -0.15) is 0 Å². The summed E-state index contributed by atoms with van der Waals surface area (Å²) in [6.45, 7) is 8.69. The van der Waals surface area contributed by atoms with Crippen LogP contribution in [-0.2, 0) is 4.74 Å². The fourth-order valence-electron chi connectivity index (χ4n) is 2.59. The highest BCUT2D eigenvalue weighted by molar-refractivity contribution is 5.18. The molecule has 2 nitrogen and oxygen atoms in total. The number of rotatable bonds is 5. The van der Waals surface area contributed by atoms with E-state index in [2.05, 4.69) is 56.4 Å². The first kappa shape index (κ1) is 13.6. The third-order valence-electron chi connectivity index (χ3n) is 4.36. The van der Waals surface area contributed by atoms with Crippen LogP contribution in [0.5, 0.6) is 0 Å². The van der Waals surface area contributed by atoms with Crippen LogP contribution in [0, 0.1) is 0 Å². The van der Waals surface area contributed by atoms with Crippen LogP contribution < -0.4 is 5.32 Å². The molecular formula is C16H25NO. The molecule has 2 heteroatoms. The molecule has 0 spiro atoms. The highest BCUT2D eigenvalue weighted by Crippen LogP contribution is 2.25. The van der Waals surface area contributed by atoms with Crippen molar-refractivity contribution in [2.24, 2.45) is 0 Å². The first-order chi connectivity index (χ1) is 8.62. The molecule has 1 aromatic carbocycles. The molecule has 1 aliphatic rings. The van der Waals surface area contributed by atoms with Gasteiger partial charge in [-0.1, -0.05) is 37.3 Å². The van der Waals surface area contributed by atoms with Crippen molar-refractivity contribution in [3.8, 4) is 0 Å². The quantitative estimate of drug-likeness (QED) is 0.861. The molecule has 1 saturated heterocycles. The van der Waals surface area contributed by atoms with Gasteiger partial charge in [-0.25, -0.2) is 0 Å². The van der Waals surface area contributed by atoms with Crippen LogP contribution in [0.3, 0.4) is 0 Å². The Bertz CT molecular complexity index is 365. The van der Waals surface area contributed by atoms with E-state index in [1.807, 2.05) is 0 Å². The summed E-state index contributed by atoms with van der Waals surface area (Å²) in [6.07, 6.45) is 2.62. The largest absolute Gasteiger partial charge is 0.377 e. The maximum atomic E-state index is 5.65. The average Bonchev–Trinajstić information content (AvgIpc) is 2.71. The molecule has 0 bridgehead atoms. The molecule has 0 radical (unpaired) electrons. The summed E-state index contributed by atoms with van der Waals surface area (Å²) in [4.78, 5) is 0. The van der Waals surface area contributed by atoms with E-state index in [0.29, 0.717) is 12.0 Å². The van der Waals surface area contributed by atoms with E-state index in [-0.39, 0.29) is 5.54 Å². The van der Waals surface area contributed by atoms with E-state index in [1.165, 1.54) is 12.0 Å². The zero-order valence-electron chi connectivity index (χ0n) is 11.8. The number of nitrogens with one attached hydrogen (secondary N) is 1. The number of benzene rings is 1. The summed E-state index contributed by atoms with van der Waals surface area (Å²) in [6, 6.07) is 10.7. The van der Waals surface area contributed by atoms with Crippen molar-refractivity contribution in [1.82, 2.24) is 5.32 Å². The second kappa shape index (κ2) is 5.85. The fourth-order valence-corrected chi connectivity index (χ4v) is 2.59. The molecule has 1 aliphatic heterocycles. The van der Waals surface area contributed by atoms with E-state index in [1.54, 1.807) is 0 Å². The zero-order chi connectivity index (χ0) is 13.0. The van der Waals surface area contributed by atoms with Crippen molar-refractivity contribution in [3.63, 3.8) is 0 Å². The highest BCUT2D eigenvalue weighted by atomic mass is 16.5. The average molecular weight is 247 g/mol. The second-order valence-corrected chi connectivity index (χ2v) is 5.71. The molecule has 0 aromatic heterocycles. The fraction of sp³-hybridized carbons (Fsp3) is 0.625. The van der Waals surface area contributed by atoms with Gasteiger partial charge in [-0.15, -0.1) is 0 Å². The maximum Gasteiger partial charge on any atom is 0.0726 e. The summed E-state index contributed by atoms with van der Waals surface area (Å²) in [5.74, 6) is 0.611. The van der Waals surface area contributed by atoms with Crippen LogP contribution in [-0.4, -0.2) is 24.8 Å². The molecule has 1 N–H and O–H groups in total. The van der Waals surface area contributed by atoms with Crippen molar-refractivity contribution in [2.75, 3.05) is 13.2 Å². The molecule has 3 unspecified atom stereocenters. The predicted molar refractivity (Wildman–Crippen MR) is 75.9 cm³/mol. The van der Waals surface area contributed by atoms with Crippen LogP contribution in [0.25, 0.3) is 0 Å². The van der Waals surface area contributed by atoms with Gasteiger partial charge in [0.25, 0.3) is 0 Å². The topological polar surface area (TPSA) is 21.3 Å². The Morgan fingerprint density at radius 2 is 2.11 bits per heavy atom. The van der Waals surface area contributed by atoms with Gasteiger partial charge in [0.1, 0.15) is 0 Å². The molecule has 1 fully saturated rings. The number of hydrogen-bond donors (Lipinski definition) is 1. The van der Waals surface area contributed by atoms with Crippen LogP contribution in [0.1, 0.15) is 45.1 Å². The molecule has 0 aliphatic carbocycles. The molecule has 100 valence electrons. The van der Waals surface area contributed by atoms with Crippen molar-refractivity contribution < 1.29 is 4.74 Å². The molecule has 1 heterocycles. The summed E-state index contributed by atoms with van der Waals surface area (Å²) < 4.78 is 5.65. The van der Waals surface area contributed by atoms with Gasteiger partial charge >= 0.3 is 0 Å². The lowest BCUT2D eigenvalue weighted by Gasteiger charge is -2.29. The molecule has 18 heavy (non-hydrogen) atoms. The van der Waals surface area contributed by atoms with Crippen molar-refractivity contribution in [2.45, 2.75) is 51.2 Å². The molecular weight excluding hydrogens is 222 g/mol. The summed E-state index contributed by atoms with van der Waals surface area (Å²) in [5.41, 5.74) is 1.59. The van der Waals surface area contributed by atoms with Crippen molar-refractivity contribution >= 4 is 0 Å². The van der Waals surface area contributed by atoms with Gasteiger partial charge in [0.2, 0.25) is 0 Å². The Balaban J connectivity index is 1.79. The zero-order valence-corrected chi connectivity index (χ0v) is 11.8. The molecule has 3 atom stereocenters. The van der Waals surface area contributed by atoms with Crippen LogP contribution in [0.4, 0.5) is 0 Å². The molecule has 1 aromatic rings. The third kappa shape index (κ3) is 3.12. The Morgan fingerprint density at radius 3 is 2.72 bits per heavy atom. The SMILES string of the molecule is CC(CCNC1(C)CCOC1C)c1ccccc1. The lowest BCUT2D eigenvalue weighted by Crippen LogP contribution is -2.48.